The summed E-state index contributed by atoms with van der Waals surface area (Å²) in [5.41, 5.74) is 6.49. The Morgan fingerprint density at radius 3 is 2.36 bits per heavy atom. The van der Waals surface area contributed by atoms with Crippen LogP contribution in [-0.4, -0.2) is 61.4 Å². The second kappa shape index (κ2) is 11.7. The van der Waals surface area contributed by atoms with Gasteiger partial charge < -0.3 is 25.0 Å². The second-order valence-electron chi connectivity index (χ2n) is 10.9. The molecule has 1 saturated heterocycles. The van der Waals surface area contributed by atoms with Gasteiger partial charge in [-0.1, -0.05) is 18.6 Å². The van der Waals surface area contributed by atoms with E-state index in [0.29, 0.717) is 53.5 Å². The molecule has 9 nitrogen and oxygen atoms in total. The molecular weight excluding hydrogens is 532 g/mol. The summed E-state index contributed by atoms with van der Waals surface area (Å²) in [6, 6.07) is 18.6. The molecule has 0 aromatic heterocycles. The summed E-state index contributed by atoms with van der Waals surface area (Å²) in [6.45, 7) is 3.62. The molecule has 3 heterocycles. The van der Waals surface area contributed by atoms with Gasteiger partial charge >= 0.3 is 5.97 Å². The SMILES string of the molecule is COC(=O)c1ccc2c(c1)NC(=O)/C2=C(\Nc1ccc2c(c1)CN(C(=O)CN1CCCCC1)C2)c1ccc(OC)cc1. The van der Waals surface area contributed by atoms with Gasteiger partial charge in [0.15, 0.2) is 0 Å². The van der Waals surface area contributed by atoms with Gasteiger partial charge in [-0.25, -0.2) is 4.79 Å². The molecular formula is C33H34N4O5. The van der Waals surface area contributed by atoms with Crippen LogP contribution in [0.1, 0.15) is 51.9 Å². The Morgan fingerprint density at radius 1 is 0.881 bits per heavy atom. The predicted molar refractivity (Wildman–Crippen MR) is 161 cm³/mol. The van der Waals surface area contributed by atoms with Crippen LogP contribution in [0.5, 0.6) is 5.75 Å². The molecule has 9 heteroatoms. The second-order valence-corrected chi connectivity index (χ2v) is 10.9. The quantitative estimate of drug-likeness (QED) is 0.315. The van der Waals surface area contributed by atoms with E-state index in [9.17, 15) is 14.4 Å². The van der Waals surface area contributed by atoms with Gasteiger partial charge in [-0.2, -0.15) is 0 Å². The van der Waals surface area contributed by atoms with E-state index in [2.05, 4.69) is 21.6 Å². The average Bonchev–Trinajstić information content (AvgIpc) is 3.59. The van der Waals surface area contributed by atoms with E-state index >= 15 is 0 Å². The maximum absolute atomic E-state index is 13.4. The lowest BCUT2D eigenvalue weighted by molar-refractivity contribution is -0.133. The van der Waals surface area contributed by atoms with E-state index < -0.39 is 5.97 Å². The highest BCUT2D eigenvalue weighted by atomic mass is 16.5. The van der Waals surface area contributed by atoms with Gasteiger partial charge in [-0.3, -0.25) is 14.5 Å². The van der Waals surface area contributed by atoms with Crippen LogP contribution in [0.3, 0.4) is 0 Å². The number of esters is 1. The molecule has 42 heavy (non-hydrogen) atoms. The normalized spacial score (nSPS) is 17.3. The molecule has 0 aliphatic carbocycles. The molecule has 3 aromatic rings. The third-order valence-electron chi connectivity index (χ3n) is 8.17. The molecule has 216 valence electrons. The fraction of sp³-hybridized carbons (Fsp3) is 0.303. The number of carbonyl (C=O) groups excluding carboxylic acids is 3. The number of fused-ring (bicyclic) bond motifs is 2. The Balaban J connectivity index is 1.30. The Bertz CT molecular complexity index is 1570. The molecule has 0 bridgehead atoms. The number of piperidine rings is 1. The standard InChI is InChI=1S/C33H34N4O5/c1-41-26-11-7-21(8-12-26)31(30-27-13-9-22(33(40)42-2)17-28(27)35-32(30)39)34-25-10-6-23-18-37(19-24(23)16-25)29(38)20-36-14-4-3-5-15-36/h6-13,16-17,34H,3-5,14-15,18-20H2,1-2H3,(H,35,39)/b31-30-. The van der Waals surface area contributed by atoms with Crippen molar-refractivity contribution in [2.75, 3.05) is 44.5 Å². The molecule has 1 fully saturated rings. The van der Waals surface area contributed by atoms with Crippen molar-refractivity contribution in [2.24, 2.45) is 0 Å². The Kier molecular flexibility index (Phi) is 7.67. The zero-order valence-electron chi connectivity index (χ0n) is 23.9. The molecule has 3 aliphatic heterocycles. The minimum Gasteiger partial charge on any atom is -0.497 e. The number of hydrogen-bond acceptors (Lipinski definition) is 7. The van der Waals surface area contributed by atoms with Crippen LogP contribution in [0.25, 0.3) is 11.3 Å². The first-order valence-electron chi connectivity index (χ1n) is 14.2. The van der Waals surface area contributed by atoms with Crippen molar-refractivity contribution in [3.8, 4) is 5.75 Å². The number of ether oxygens (including phenoxy) is 2. The smallest absolute Gasteiger partial charge is 0.337 e. The molecule has 3 aromatic carbocycles. The zero-order chi connectivity index (χ0) is 29.2. The van der Waals surface area contributed by atoms with E-state index in [4.69, 9.17) is 9.47 Å². The van der Waals surface area contributed by atoms with Crippen molar-refractivity contribution < 1.29 is 23.9 Å². The van der Waals surface area contributed by atoms with Gasteiger partial charge in [0, 0.05) is 24.3 Å². The minimum absolute atomic E-state index is 0.161. The average molecular weight is 567 g/mol. The Morgan fingerprint density at radius 2 is 1.62 bits per heavy atom. The molecule has 2 amide bonds. The number of benzene rings is 3. The first-order chi connectivity index (χ1) is 20.4. The molecule has 0 spiro atoms. The maximum atomic E-state index is 13.4. The highest BCUT2D eigenvalue weighted by Crippen LogP contribution is 2.39. The number of likely N-dealkylation sites (tertiary alicyclic amines) is 1. The largest absolute Gasteiger partial charge is 0.497 e. The van der Waals surface area contributed by atoms with Crippen molar-refractivity contribution >= 4 is 40.4 Å². The number of carbonyl (C=O) groups is 3. The Hall–Kier alpha value is -4.63. The van der Waals surface area contributed by atoms with Gasteiger partial charge in [0.25, 0.3) is 5.91 Å². The summed E-state index contributed by atoms with van der Waals surface area (Å²) >= 11 is 0. The van der Waals surface area contributed by atoms with Crippen LogP contribution >= 0.6 is 0 Å². The fourth-order valence-corrected chi connectivity index (χ4v) is 5.90. The molecule has 0 radical (unpaired) electrons. The van der Waals surface area contributed by atoms with Gasteiger partial charge in [-0.15, -0.1) is 0 Å². The van der Waals surface area contributed by atoms with Crippen molar-refractivity contribution in [1.29, 1.82) is 0 Å². The summed E-state index contributed by atoms with van der Waals surface area (Å²) in [5, 5.41) is 6.41. The lowest BCUT2D eigenvalue weighted by Crippen LogP contribution is -2.40. The van der Waals surface area contributed by atoms with Gasteiger partial charge in [0.1, 0.15) is 5.75 Å². The molecule has 6 rings (SSSR count). The van der Waals surface area contributed by atoms with E-state index in [1.54, 1.807) is 25.3 Å². The van der Waals surface area contributed by atoms with E-state index in [-0.39, 0.29) is 11.8 Å². The Labute approximate surface area is 245 Å². The van der Waals surface area contributed by atoms with Crippen LogP contribution in [-0.2, 0) is 27.4 Å². The third-order valence-corrected chi connectivity index (χ3v) is 8.17. The molecule has 0 saturated carbocycles. The van der Waals surface area contributed by atoms with Crippen molar-refractivity contribution in [1.82, 2.24) is 9.80 Å². The molecule has 3 aliphatic rings. The van der Waals surface area contributed by atoms with Crippen LogP contribution in [0, 0.1) is 0 Å². The van der Waals surface area contributed by atoms with Gasteiger partial charge in [-0.05, 0) is 91.2 Å². The molecule has 0 unspecified atom stereocenters. The fourth-order valence-electron chi connectivity index (χ4n) is 5.90. The van der Waals surface area contributed by atoms with Crippen LogP contribution < -0.4 is 15.4 Å². The molecule has 0 atom stereocenters. The maximum Gasteiger partial charge on any atom is 0.337 e. The van der Waals surface area contributed by atoms with Crippen molar-refractivity contribution in [3.05, 3.63) is 88.5 Å². The number of hydrogen-bond donors (Lipinski definition) is 2. The number of rotatable bonds is 7. The first-order valence-corrected chi connectivity index (χ1v) is 14.2. The number of anilines is 2. The summed E-state index contributed by atoms with van der Waals surface area (Å²) in [6.07, 6.45) is 3.55. The summed E-state index contributed by atoms with van der Waals surface area (Å²) in [4.78, 5) is 42.7. The highest BCUT2D eigenvalue weighted by Gasteiger charge is 2.30. The molecule has 2 N–H and O–H groups in total. The predicted octanol–water partition coefficient (Wildman–Crippen LogP) is 4.74. The van der Waals surface area contributed by atoms with Crippen LogP contribution in [0.2, 0.25) is 0 Å². The highest BCUT2D eigenvalue weighted by molar-refractivity contribution is 6.37. The summed E-state index contributed by atoms with van der Waals surface area (Å²) in [5.74, 6) is 0.115. The monoisotopic (exact) mass is 566 g/mol. The number of methoxy groups -OCH3 is 2. The van der Waals surface area contributed by atoms with Crippen LogP contribution in [0.4, 0.5) is 11.4 Å². The third kappa shape index (κ3) is 5.47. The summed E-state index contributed by atoms with van der Waals surface area (Å²) < 4.78 is 10.2. The number of nitrogens with one attached hydrogen (secondary N) is 2. The van der Waals surface area contributed by atoms with E-state index in [1.807, 2.05) is 41.3 Å². The van der Waals surface area contributed by atoms with E-state index in [0.717, 1.165) is 48.3 Å². The summed E-state index contributed by atoms with van der Waals surface area (Å²) in [7, 11) is 2.93. The zero-order valence-corrected chi connectivity index (χ0v) is 23.9. The van der Waals surface area contributed by atoms with E-state index in [1.165, 1.54) is 13.5 Å². The van der Waals surface area contributed by atoms with Crippen LogP contribution in [0.15, 0.2) is 60.7 Å². The first kappa shape index (κ1) is 27.5. The lowest BCUT2D eigenvalue weighted by atomic mass is 9.98. The van der Waals surface area contributed by atoms with Gasteiger partial charge in [0.05, 0.1) is 43.3 Å². The minimum atomic E-state index is -0.473. The topological polar surface area (TPSA) is 100 Å². The number of amides is 2. The number of nitrogens with zero attached hydrogens (tertiary/aromatic N) is 2. The van der Waals surface area contributed by atoms with Crippen molar-refractivity contribution in [2.45, 2.75) is 32.4 Å². The van der Waals surface area contributed by atoms with Crippen molar-refractivity contribution in [3.63, 3.8) is 0 Å². The van der Waals surface area contributed by atoms with Gasteiger partial charge in [0.2, 0.25) is 5.91 Å². The lowest BCUT2D eigenvalue weighted by Gasteiger charge is -2.27.